The second-order valence-electron chi connectivity index (χ2n) is 5.86. The van der Waals surface area contributed by atoms with Gasteiger partial charge in [0.25, 0.3) is 0 Å². The van der Waals surface area contributed by atoms with Gasteiger partial charge in [-0.25, -0.2) is 8.42 Å². The van der Waals surface area contributed by atoms with Gasteiger partial charge < -0.3 is 5.32 Å². The van der Waals surface area contributed by atoms with Crippen LogP contribution in [0.3, 0.4) is 0 Å². The molecule has 1 N–H and O–H groups in total. The first-order chi connectivity index (χ1) is 9.71. The summed E-state index contributed by atoms with van der Waals surface area (Å²) in [6.45, 7) is 4.83. The van der Waals surface area contributed by atoms with E-state index in [9.17, 15) is 8.42 Å². The number of sulfonamides is 1. The highest BCUT2D eigenvalue weighted by atomic mass is 35.5. The number of halogens is 2. The third-order valence-electron chi connectivity index (χ3n) is 3.90. The minimum absolute atomic E-state index is 0.133. The molecule has 7 heteroatoms. The molecule has 1 saturated heterocycles. The minimum atomic E-state index is -3.62. The number of nitrogens with zero attached hydrogens (tertiary/aromatic N) is 1. The van der Waals surface area contributed by atoms with Crippen molar-refractivity contribution in [3.63, 3.8) is 0 Å². The molecule has 0 bridgehead atoms. The van der Waals surface area contributed by atoms with Crippen molar-refractivity contribution in [3.05, 3.63) is 27.7 Å². The van der Waals surface area contributed by atoms with Crippen molar-refractivity contribution < 1.29 is 8.42 Å². The van der Waals surface area contributed by atoms with E-state index in [2.05, 4.69) is 5.32 Å². The number of rotatable bonds is 4. The molecular weight excluding hydrogens is 331 g/mol. The van der Waals surface area contributed by atoms with E-state index in [-0.39, 0.29) is 15.5 Å². The fraction of sp³-hybridized carbons (Fsp3) is 0.571. The van der Waals surface area contributed by atoms with Crippen molar-refractivity contribution in [2.75, 3.05) is 13.6 Å². The van der Waals surface area contributed by atoms with Crippen LogP contribution in [0.2, 0.25) is 10.0 Å². The number of nitrogens with one attached hydrogen (secondary N) is 1. The Labute approximate surface area is 136 Å². The lowest BCUT2D eigenvalue weighted by Gasteiger charge is -2.31. The van der Waals surface area contributed by atoms with Gasteiger partial charge in [-0.2, -0.15) is 4.31 Å². The molecule has 118 valence electrons. The second-order valence-corrected chi connectivity index (χ2v) is 8.48. The molecule has 1 fully saturated rings. The van der Waals surface area contributed by atoms with Crippen LogP contribution in [0.5, 0.6) is 0 Å². The average molecular weight is 351 g/mol. The average Bonchev–Trinajstić information content (AvgIpc) is 2.74. The van der Waals surface area contributed by atoms with Crippen LogP contribution in [0.25, 0.3) is 0 Å². The molecule has 0 atom stereocenters. The monoisotopic (exact) mass is 350 g/mol. The SMILES string of the molecule is CNCc1c(Cl)ccc(S(=O)(=O)N2CCCC2(C)C)c1Cl. The predicted molar refractivity (Wildman–Crippen MR) is 86.4 cm³/mol. The van der Waals surface area contributed by atoms with Gasteiger partial charge in [-0.3, -0.25) is 0 Å². The van der Waals surface area contributed by atoms with Crippen LogP contribution in [-0.2, 0) is 16.6 Å². The summed E-state index contributed by atoms with van der Waals surface area (Å²) < 4.78 is 27.4. The van der Waals surface area contributed by atoms with Gasteiger partial charge in [0.15, 0.2) is 0 Å². The topological polar surface area (TPSA) is 49.4 Å². The third kappa shape index (κ3) is 3.08. The Hall–Kier alpha value is -0.330. The maximum atomic E-state index is 12.9. The number of hydrogen-bond donors (Lipinski definition) is 1. The van der Waals surface area contributed by atoms with Crippen LogP contribution >= 0.6 is 23.2 Å². The summed E-state index contributed by atoms with van der Waals surface area (Å²) in [5, 5.41) is 3.63. The van der Waals surface area contributed by atoms with Crippen LogP contribution in [0.15, 0.2) is 17.0 Å². The first-order valence-electron chi connectivity index (χ1n) is 6.86. The Balaban J connectivity index is 2.53. The zero-order chi connectivity index (χ0) is 15.8. The largest absolute Gasteiger partial charge is 0.316 e. The van der Waals surface area contributed by atoms with Crippen LogP contribution in [0.1, 0.15) is 32.3 Å². The van der Waals surface area contributed by atoms with E-state index in [1.54, 1.807) is 13.1 Å². The van der Waals surface area contributed by atoms with Gasteiger partial charge in [0, 0.05) is 29.2 Å². The van der Waals surface area contributed by atoms with Gasteiger partial charge in [0.05, 0.1) is 5.02 Å². The summed E-state index contributed by atoms with van der Waals surface area (Å²) >= 11 is 12.4. The Morgan fingerprint density at radius 2 is 2.00 bits per heavy atom. The standard InChI is InChI=1S/C14H20Cl2N2O2S/c1-14(2)7-4-8-18(14)21(19,20)12-6-5-11(15)10(9-17-3)13(12)16/h5-6,17H,4,7-9H2,1-3H3. The van der Waals surface area contributed by atoms with E-state index in [0.717, 1.165) is 12.8 Å². The third-order valence-corrected chi connectivity index (χ3v) is 6.95. The molecule has 0 amide bonds. The van der Waals surface area contributed by atoms with Gasteiger partial charge in [0.1, 0.15) is 4.90 Å². The van der Waals surface area contributed by atoms with Crippen LogP contribution < -0.4 is 5.32 Å². The molecule has 1 aromatic rings. The fourth-order valence-corrected chi connectivity index (χ4v) is 5.50. The molecule has 0 aliphatic carbocycles. The molecule has 0 saturated carbocycles. The summed E-state index contributed by atoms with van der Waals surface area (Å²) in [4.78, 5) is 0.133. The lowest BCUT2D eigenvalue weighted by atomic mass is 10.0. The van der Waals surface area contributed by atoms with Gasteiger partial charge in [-0.05, 0) is 45.9 Å². The molecule has 2 rings (SSSR count). The molecule has 0 unspecified atom stereocenters. The molecule has 1 heterocycles. The van der Waals surface area contributed by atoms with E-state index in [0.29, 0.717) is 23.7 Å². The number of benzene rings is 1. The van der Waals surface area contributed by atoms with E-state index in [4.69, 9.17) is 23.2 Å². The van der Waals surface area contributed by atoms with Crippen LogP contribution in [0.4, 0.5) is 0 Å². The molecule has 1 aliphatic heterocycles. The van der Waals surface area contributed by atoms with Gasteiger partial charge in [0.2, 0.25) is 10.0 Å². The molecule has 0 radical (unpaired) electrons. The summed E-state index contributed by atoms with van der Waals surface area (Å²) in [5.74, 6) is 0. The molecule has 0 aromatic heterocycles. The molecule has 0 spiro atoms. The zero-order valence-electron chi connectivity index (χ0n) is 12.4. The highest BCUT2D eigenvalue weighted by molar-refractivity contribution is 7.89. The van der Waals surface area contributed by atoms with Crippen molar-refractivity contribution in [1.82, 2.24) is 9.62 Å². The highest BCUT2D eigenvalue weighted by Crippen LogP contribution is 2.38. The lowest BCUT2D eigenvalue weighted by molar-refractivity contribution is 0.291. The fourth-order valence-electron chi connectivity index (χ4n) is 2.76. The molecule has 1 aliphatic rings. The van der Waals surface area contributed by atoms with Crippen molar-refractivity contribution in [2.45, 2.75) is 43.7 Å². The summed E-state index contributed by atoms with van der Waals surface area (Å²) in [7, 11) is -1.86. The van der Waals surface area contributed by atoms with Crippen molar-refractivity contribution in [1.29, 1.82) is 0 Å². The molecule has 21 heavy (non-hydrogen) atoms. The summed E-state index contributed by atoms with van der Waals surface area (Å²) in [6, 6.07) is 3.09. The van der Waals surface area contributed by atoms with Crippen molar-refractivity contribution in [2.24, 2.45) is 0 Å². The summed E-state index contributed by atoms with van der Waals surface area (Å²) in [5.41, 5.74) is 0.226. The van der Waals surface area contributed by atoms with Gasteiger partial charge in [-0.1, -0.05) is 23.2 Å². The Bertz CT molecular complexity index is 645. The normalized spacial score (nSPS) is 19.1. The Morgan fingerprint density at radius 3 is 2.52 bits per heavy atom. The Morgan fingerprint density at radius 1 is 1.33 bits per heavy atom. The Kier molecular flexibility index (Phi) is 4.90. The first-order valence-corrected chi connectivity index (χ1v) is 9.06. The highest BCUT2D eigenvalue weighted by Gasteiger charge is 2.41. The van der Waals surface area contributed by atoms with E-state index >= 15 is 0 Å². The van der Waals surface area contributed by atoms with Crippen LogP contribution in [-0.4, -0.2) is 31.9 Å². The van der Waals surface area contributed by atoms with Crippen LogP contribution in [0, 0.1) is 0 Å². The maximum absolute atomic E-state index is 12.9. The van der Waals surface area contributed by atoms with E-state index in [1.165, 1.54) is 10.4 Å². The van der Waals surface area contributed by atoms with Gasteiger partial charge >= 0.3 is 0 Å². The summed E-state index contributed by atoms with van der Waals surface area (Å²) in [6.07, 6.45) is 1.71. The molecule has 4 nitrogen and oxygen atoms in total. The molecule has 1 aromatic carbocycles. The lowest BCUT2D eigenvalue weighted by Crippen LogP contribution is -2.42. The minimum Gasteiger partial charge on any atom is -0.316 e. The second kappa shape index (κ2) is 6.05. The van der Waals surface area contributed by atoms with Gasteiger partial charge in [-0.15, -0.1) is 0 Å². The van der Waals surface area contributed by atoms with E-state index in [1.807, 2.05) is 13.8 Å². The number of hydrogen-bond acceptors (Lipinski definition) is 3. The predicted octanol–water partition coefficient (Wildman–Crippen LogP) is 3.28. The van der Waals surface area contributed by atoms with Crippen molar-refractivity contribution in [3.8, 4) is 0 Å². The smallest absolute Gasteiger partial charge is 0.245 e. The quantitative estimate of drug-likeness (QED) is 0.906. The zero-order valence-corrected chi connectivity index (χ0v) is 14.7. The van der Waals surface area contributed by atoms with E-state index < -0.39 is 10.0 Å². The maximum Gasteiger partial charge on any atom is 0.245 e. The molecular formula is C14H20Cl2N2O2S. The van der Waals surface area contributed by atoms with Crippen molar-refractivity contribution >= 4 is 33.2 Å². The first kappa shape index (κ1) is 17.0.